The van der Waals surface area contributed by atoms with Crippen molar-refractivity contribution in [2.45, 2.75) is 19.1 Å². The third-order valence-electron chi connectivity index (χ3n) is 2.17. The van der Waals surface area contributed by atoms with Gasteiger partial charge in [-0.15, -0.1) is 0 Å². The number of nitrogens with one attached hydrogen (secondary N) is 2. The van der Waals surface area contributed by atoms with Crippen LogP contribution in [-0.4, -0.2) is 51.2 Å². The fraction of sp³-hybridized carbons (Fsp3) is 0.500. The molecule has 100 valence electrons. The Kier molecular flexibility index (Phi) is 5.65. The molecule has 0 aliphatic carbocycles. The second kappa shape index (κ2) is 7.28. The number of rotatable bonds is 7. The van der Waals surface area contributed by atoms with Gasteiger partial charge in [-0.05, 0) is 6.07 Å². The Bertz CT molecular complexity index is 379. The number of aliphatic hydroxyl groups excluding tert-OH is 1. The second-order valence-corrected chi connectivity index (χ2v) is 3.59. The first-order valence-electron chi connectivity index (χ1n) is 5.49. The number of carboxylic acids is 1. The van der Waals surface area contributed by atoms with Crippen molar-refractivity contribution >= 4 is 12.0 Å². The Labute approximate surface area is 104 Å². The Morgan fingerprint density at radius 2 is 2.06 bits per heavy atom. The van der Waals surface area contributed by atoms with Gasteiger partial charge in [-0.1, -0.05) is 0 Å². The van der Waals surface area contributed by atoms with Crippen LogP contribution in [0.1, 0.15) is 6.42 Å². The van der Waals surface area contributed by atoms with Crippen LogP contribution >= 0.6 is 0 Å². The maximum absolute atomic E-state index is 11.2. The van der Waals surface area contributed by atoms with Gasteiger partial charge in [0.25, 0.3) is 0 Å². The molecule has 1 heterocycles. The minimum absolute atomic E-state index is 0.0259. The number of aliphatic hydroxyl groups is 1. The van der Waals surface area contributed by atoms with Gasteiger partial charge >= 0.3 is 12.0 Å². The van der Waals surface area contributed by atoms with Crippen molar-refractivity contribution in [1.82, 2.24) is 20.4 Å². The normalized spacial score (nSPS) is 11.8. The molecule has 1 rings (SSSR count). The Morgan fingerprint density at radius 3 is 2.67 bits per heavy atom. The highest BCUT2D eigenvalue weighted by Crippen LogP contribution is 1.89. The number of aliphatic carboxylic acids is 1. The lowest BCUT2D eigenvalue weighted by molar-refractivity contribution is -0.146. The number of nitrogens with zero attached hydrogens (tertiary/aromatic N) is 2. The Morgan fingerprint density at radius 1 is 1.33 bits per heavy atom. The lowest BCUT2D eigenvalue weighted by Gasteiger charge is -2.09. The summed E-state index contributed by atoms with van der Waals surface area (Å²) in [4.78, 5) is 21.5. The van der Waals surface area contributed by atoms with Crippen molar-refractivity contribution in [3.05, 3.63) is 18.5 Å². The summed E-state index contributed by atoms with van der Waals surface area (Å²) in [5, 5.41) is 26.4. The van der Waals surface area contributed by atoms with Crippen LogP contribution in [0.3, 0.4) is 0 Å². The molecule has 0 radical (unpaired) electrons. The summed E-state index contributed by atoms with van der Waals surface area (Å²) in [7, 11) is 0. The largest absolute Gasteiger partial charge is 0.479 e. The number of hydrogen-bond donors (Lipinski definition) is 4. The first-order chi connectivity index (χ1) is 8.59. The van der Waals surface area contributed by atoms with E-state index in [1.165, 1.54) is 0 Å². The van der Waals surface area contributed by atoms with Gasteiger partial charge < -0.3 is 20.8 Å². The zero-order chi connectivity index (χ0) is 13.4. The van der Waals surface area contributed by atoms with Crippen LogP contribution in [0.2, 0.25) is 0 Å². The monoisotopic (exact) mass is 256 g/mol. The fourth-order valence-electron chi connectivity index (χ4n) is 1.23. The van der Waals surface area contributed by atoms with E-state index in [0.717, 1.165) is 0 Å². The van der Waals surface area contributed by atoms with E-state index in [-0.39, 0.29) is 13.0 Å². The first-order valence-corrected chi connectivity index (χ1v) is 5.49. The molecule has 0 spiro atoms. The SMILES string of the molecule is O=C(NCCC(O)C(=O)O)NCCn1cccn1. The lowest BCUT2D eigenvalue weighted by Crippen LogP contribution is -2.39. The molecular weight excluding hydrogens is 240 g/mol. The van der Waals surface area contributed by atoms with Gasteiger partial charge in [0.2, 0.25) is 0 Å². The van der Waals surface area contributed by atoms with Gasteiger partial charge in [0, 0.05) is 31.9 Å². The molecule has 1 aromatic rings. The van der Waals surface area contributed by atoms with Gasteiger partial charge in [-0.3, -0.25) is 4.68 Å². The second-order valence-electron chi connectivity index (χ2n) is 3.59. The van der Waals surface area contributed by atoms with Gasteiger partial charge in [0.15, 0.2) is 6.10 Å². The quantitative estimate of drug-likeness (QED) is 0.500. The van der Waals surface area contributed by atoms with Gasteiger partial charge in [-0.2, -0.15) is 5.10 Å². The Hall–Kier alpha value is -2.09. The number of carbonyl (C=O) groups is 2. The van der Waals surface area contributed by atoms with E-state index in [1.807, 2.05) is 0 Å². The summed E-state index contributed by atoms with van der Waals surface area (Å²) in [6.45, 7) is 1.06. The summed E-state index contributed by atoms with van der Waals surface area (Å²) < 4.78 is 1.68. The number of urea groups is 1. The zero-order valence-corrected chi connectivity index (χ0v) is 9.74. The van der Waals surface area contributed by atoms with E-state index in [4.69, 9.17) is 10.2 Å². The summed E-state index contributed by atoms with van der Waals surface area (Å²) in [6, 6.07) is 1.38. The minimum atomic E-state index is -1.45. The lowest BCUT2D eigenvalue weighted by atomic mass is 10.2. The molecule has 0 saturated heterocycles. The smallest absolute Gasteiger partial charge is 0.332 e. The van der Waals surface area contributed by atoms with Crippen molar-refractivity contribution in [2.75, 3.05) is 13.1 Å². The number of carboxylic acid groups (broad SMARTS) is 1. The number of carbonyl (C=O) groups excluding carboxylic acids is 1. The molecule has 0 bridgehead atoms. The van der Waals surface area contributed by atoms with Crippen LogP contribution in [-0.2, 0) is 11.3 Å². The standard InChI is InChI=1S/C10H16N4O4/c15-8(9(16)17)2-4-11-10(18)12-5-7-14-6-1-3-13-14/h1,3,6,8,15H,2,4-5,7H2,(H,16,17)(H2,11,12,18). The minimum Gasteiger partial charge on any atom is -0.479 e. The molecule has 0 aliphatic heterocycles. The van der Waals surface area contributed by atoms with Crippen molar-refractivity contribution in [2.24, 2.45) is 0 Å². The topological polar surface area (TPSA) is 116 Å². The summed E-state index contributed by atoms with van der Waals surface area (Å²) in [6.07, 6.45) is 1.95. The Balaban J connectivity index is 2.05. The van der Waals surface area contributed by atoms with Crippen molar-refractivity contribution in [1.29, 1.82) is 0 Å². The fourth-order valence-corrected chi connectivity index (χ4v) is 1.23. The molecule has 8 heteroatoms. The molecule has 4 N–H and O–H groups in total. The molecule has 1 aromatic heterocycles. The van der Waals surface area contributed by atoms with Crippen molar-refractivity contribution < 1.29 is 19.8 Å². The van der Waals surface area contributed by atoms with E-state index in [2.05, 4.69) is 15.7 Å². The highest BCUT2D eigenvalue weighted by molar-refractivity contribution is 5.74. The summed E-state index contributed by atoms with van der Waals surface area (Å²) >= 11 is 0. The predicted molar refractivity (Wildman–Crippen MR) is 61.9 cm³/mol. The van der Waals surface area contributed by atoms with Gasteiger partial charge in [0.05, 0.1) is 6.54 Å². The predicted octanol–water partition coefficient (Wildman–Crippen LogP) is -0.982. The number of hydrogen-bond acceptors (Lipinski definition) is 4. The maximum atomic E-state index is 11.2. The molecule has 1 unspecified atom stereocenters. The molecule has 8 nitrogen and oxygen atoms in total. The number of aromatic nitrogens is 2. The van der Waals surface area contributed by atoms with E-state index in [1.54, 1.807) is 23.1 Å². The van der Waals surface area contributed by atoms with Crippen LogP contribution in [0, 0.1) is 0 Å². The molecule has 18 heavy (non-hydrogen) atoms. The van der Waals surface area contributed by atoms with Crippen LogP contribution < -0.4 is 10.6 Å². The molecule has 0 aromatic carbocycles. The van der Waals surface area contributed by atoms with Crippen LogP contribution in [0.4, 0.5) is 4.79 Å². The van der Waals surface area contributed by atoms with Crippen molar-refractivity contribution in [3.63, 3.8) is 0 Å². The molecule has 2 amide bonds. The molecule has 0 fully saturated rings. The molecular formula is C10H16N4O4. The maximum Gasteiger partial charge on any atom is 0.332 e. The summed E-state index contributed by atoms with van der Waals surface area (Å²) in [5.41, 5.74) is 0. The highest BCUT2D eigenvalue weighted by Gasteiger charge is 2.12. The zero-order valence-electron chi connectivity index (χ0n) is 9.74. The average Bonchev–Trinajstić information content (AvgIpc) is 2.81. The summed E-state index contributed by atoms with van der Waals surface area (Å²) in [5.74, 6) is -1.30. The van der Waals surface area contributed by atoms with Crippen molar-refractivity contribution in [3.8, 4) is 0 Å². The van der Waals surface area contributed by atoms with Gasteiger partial charge in [0.1, 0.15) is 0 Å². The van der Waals surface area contributed by atoms with E-state index in [9.17, 15) is 9.59 Å². The van der Waals surface area contributed by atoms with Crippen LogP contribution in [0.5, 0.6) is 0 Å². The third-order valence-corrected chi connectivity index (χ3v) is 2.17. The van der Waals surface area contributed by atoms with E-state index in [0.29, 0.717) is 13.1 Å². The number of amides is 2. The van der Waals surface area contributed by atoms with E-state index >= 15 is 0 Å². The first kappa shape index (κ1) is 14.0. The van der Waals surface area contributed by atoms with Crippen LogP contribution in [0.25, 0.3) is 0 Å². The highest BCUT2D eigenvalue weighted by atomic mass is 16.4. The molecule has 0 saturated carbocycles. The molecule has 1 atom stereocenters. The third kappa shape index (κ3) is 5.30. The van der Waals surface area contributed by atoms with E-state index < -0.39 is 18.1 Å². The molecule has 0 aliphatic rings. The van der Waals surface area contributed by atoms with Gasteiger partial charge in [-0.25, -0.2) is 9.59 Å². The average molecular weight is 256 g/mol. The van der Waals surface area contributed by atoms with Crippen LogP contribution in [0.15, 0.2) is 18.5 Å².